The number of rotatable bonds is 11. The molecule has 244 valence electrons. The smallest absolute Gasteiger partial charge is 0.262 e. The van der Waals surface area contributed by atoms with Crippen LogP contribution in [0.2, 0.25) is 0 Å². The molecule has 0 aliphatic carbocycles. The van der Waals surface area contributed by atoms with Gasteiger partial charge in [-0.1, -0.05) is 24.3 Å². The van der Waals surface area contributed by atoms with Gasteiger partial charge in [-0.25, -0.2) is 22.0 Å². The first-order chi connectivity index (χ1) is 21.5. The summed E-state index contributed by atoms with van der Waals surface area (Å²) < 4.78 is 63.2. The largest absolute Gasteiger partial charge is 0.497 e. The van der Waals surface area contributed by atoms with Gasteiger partial charge in [0.2, 0.25) is 0 Å². The molecule has 2 N–H and O–H groups in total. The van der Waals surface area contributed by atoms with Crippen LogP contribution in [0.1, 0.15) is 38.8 Å². The molecule has 14 nitrogen and oxygen atoms in total. The molecule has 0 saturated carbocycles. The molecule has 0 spiro atoms. The third-order valence-corrected chi connectivity index (χ3v) is 9.24. The number of ether oxygens (including phenoxy) is 2. The van der Waals surface area contributed by atoms with Crippen LogP contribution in [0.25, 0.3) is 0 Å². The molecular formula is C30H36N8O6S2. The van der Waals surface area contributed by atoms with Crippen molar-refractivity contribution in [2.75, 3.05) is 14.2 Å². The second-order valence-electron chi connectivity index (χ2n) is 11.1. The van der Waals surface area contributed by atoms with Gasteiger partial charge in [-0.3, -0.25) is 9.36 Å². The number of benzene rings is 2. The van der Waals surface area contributed by atoms with E-state index in [1.165, 1.54) is 38.2 Å². The van der Waals surface area contributed by atoms with Crippen LogP contribution in [0.4, 0.5) is 0 Å². The van der Waals surface area contributed by atoms with Crippen LogP contribution in [0.15, 0.2) is 83.1 Å². The summed E-state index contributed by atoms with van der Waals surface area (Å²) in [5, 5.41) is 30.6. The Morgan fingerprint density at radius 3 is 1.41 bits per heavy atom. The Labute approximate surface area is 269 Å². The lowest BCUT2D eigenvalue weighted by molar-refractivity contribution is 0.386. The number of hydrogen-bond acceptors (Lipinski definition) is 10. The van der Waals surface area contributed by atoms with Gasteiger partial charge >= 0.3 is 0 Å². The molecule has 0 aliphatic rings. The van der Waals surface area contributed by atoms with Crippen LogP contribution in [0, 0.1) is 22.7 Å². The molecule has 2 heterocycles. The first-order valence-electron chi connectivity index (χ1n) is 13.7. The molecule has 4 aromatic rings. The molecule has 0 aliphatic heterocycles. The number of aromatic nitrogens is 4. The number of hydrogen-bond donors (Lipinski definition) is 1. The Balaban J connectivity index is 0.000000344. The lowest BCUT2D eigenvalue weighted by Gasteiger charge is -2.22. The molecule has 0 unspecified atom stereocenters. The standard InChI is InChI=1S/C23H26N4O4S.C7H10N4O2S/c1-23(2,17-24)27-14-13-22(25-27)32(28,29)26(15-18-5-9-20(30-3)10-6-18)16-19-7-11-21(31-4)12-8-19;1-7(2,5-8)11-4-3-6(10-11)14(9,12)13/h5-14H,15-16H2,1-4H3;3-4H,1-2H3,(H2,9,12,13). The highest BCUT2D eigenvalue weighted by molar-refractivity contribution is 7.89. The van der Waals surface area contributed by atoms with E-state index in [0.29, 0.717) is 11.5 Å². The maximum absolute atomic E-state index is 13.5. The van der Waals surface area contributed by atoms with Crippen molar-refractivity contribution in [1.29, 1.82) is 10.5 Å². The number of sulfonamides is 2. The number of nitrogens with zero attached hydrogens (tertiary/aromatic N) is 7. The molecule has 0 saturated heterocycles. The van der Waals surface area contributed by atoms with Crippen molar-refractivity contribution in [2.24, 2.45) is 5.14 Å². The summed E-state index contributed by atoms with van der Waals surface area (Å²) in [6, 6.07) is 21.2. The molecule has 4 rings (SSSR count). The number of methoxy groups -OCH3 is 2. The molecule has 0 bridgehead atoms. The van der Waals surface area contributed by atoms with E-state index in [1.54, 1.807) is 66.2 Å². The van der Waals surface area contributed by atoms with E-state index in [1.807, 2.05) is 30.3 Å². The van der Waals surface area contributed by atoms with Crippen LogP contribution in [0.5, 0.6) is 11.5 Å². The zero-order chi connectivity index (χ0) is 34.3. The van der Waals surface area contributed by atoms with Gasteiger partial charge < -0.3 is 9.47 Å². The summed E-state index contributed by atoms with van der Waals surface area (Å²) >= 11 is 0. The molecule has 2 aromatic heterocycles. The van der Waals surface area contributed by atoms with E-state index in [9.17, 15) is 22.1 Å². The second kappa shape index (κ2) is 14.1. The molecule has 0 amide bonds. The summed E-state index contributed by atoms with van der Waals surface area (Å²) in [5.41, 5.74) is -0.243. The van der Waals surface area contributed by atoms with Crippen LogP contribution in [-0.4, -0.2) is 54.9 Å². The van der Waals surface area contributed by atoms with Crippen molar-refractivity contribution in [2.45, 2.75) is 61.9 Å². The SMILES string of the molecule is CC(C)(C#N)n1ccc(S(N)(=O)=O)n1.COc1ccc(CN(Cc2ccc(OC)cc2)S(=O)(=O)c2ccn(C(C)(C)C#N)n2)cc1. The molecule has 0 radical (unpaired) electrons. The molecule has 2 aromatic carbocycles. The minimum absolute atomic E-state index is 0.108. The summed E-state index contributed by atoms with van der Waals surface area (Å²) in [6.45, 7) is 6.87. The van der Waals surface area contributed by atoms with Gasteiger partial charge in [-0.05, 0) is 75.2 Å². The minimum Gasteiger partial charge on any atom is -0.497 e. The molecular weight excluding hydrogens is 633 g/mol. The van der Waals surface area contributed by atoms with E-state index in [4.69, 9.17) is 19.9 Å². The van der Waals surface area contributed by atoms with Gasteiger partial charge in [0.25, 0.3) is 20.0 Å². The topological polar surface area (TPSA) is 199 Å². The van der Waals surface area contributed by atoms with Crippen LogP contribution < -0.4 is 14.6 Å². The lowest BCUT2D eigenvalue weighted by atomic mass is 10.1. The predicted octanol–water partition coefficient (Wildman–Crippen LogP) is 3.34. The Morgan fingerprint density at radius 2 is 1.09 bits per heavy atom. The van der Waals surface area contributed by atoms with Crippen LogP contribution in [0.3, 0.4) is 0 Å². The second-order valence-corrected chi connectivity index (χ2v) is 14.4. The van der Waals surface area contributed by atoms with Crippen molar-refractivity contribution < 1.29 is 26.3 Å². The average Bonchev–Trinajstić information content (AvgIpc) is 3.74. The highest BCUT2D eigenvalue weighted by Gasteiger charge is 2.30. The first kappa shape index (κ1) is 35.7. The van der Waals surface area contributed by atoms with Crippen molar-refractivity contribution in [3.63, 3.8) is 0 Å². The molecule has 46 heavy (non-hydrogen) atoms. The van der Waals surface area contributed by atoms with Gasteiger partial charge in [0.1, 0.15) is 22.6 Å². The summed E-state index contributed by atoms with van der Waals surface area (Å²) in [5.74, 6) is 1.38. The Bertz CT molecular complexity index is 1890. The van der Waals surface area contributed by atoms with Crippen molar-refractivity contribution >= 4 is 20.0 Å². The molecule has 16 heteroatoms. The molecule has 0 atom stereocenters. The maximum Gasteiger partial charge on any atom is 0.262 e. The van der Waals surface area contributed by atoms with Gasteiger partial charge in [-0.15, -0.1) is 0 Å². The number of nitriles is 2. The summed E-state index contributed by atoms with van der Waals surface area (Å²) in [6.07, 6.45) is 2.91. The monoisotopic (exact) mass is 668 g/mol. The highest BCUT2D eigenvalue weighted by Crippen LogP contribution is 2.24. The normalized spacial score (nSPS) is 12.0. The zero-order valence-corrected chi connectivity index (χ0v) is 27.9. The van der Waals surface area contributed by atoms with Crippen molar-refractivity contribution in [3.8, 4) is 23.6 Å². The van der Waals surface area contributed by atoms with E-state index in [0.717, 1.165) is 11.1 Å². The van der Waals surface area contributed by atoms with E-state index < -0.39 is 31.1 Å². The van der Waals surface area contributed by atoms with Crippen LogP contribution >= 0.6 is 0 Å². The van der Waals surface area contributed by atoms with Gasteiger partial charge in [0, 0.05) is 25.5 Å². The van der Waals surface area contributed by atoms with E-state index in [-0.39, 0.29) is 23.1 Å². The highest BCUT2D eigenvalue weighted by atomic mass is 32.2. The molecule has 0 fully saturated rings. The number of primary sulfonamides is 1. The lowest BCUT2D eigenvalue weighted by Crippen LogP contribution is -2.31. The average molecular weight is 669 g/mol. The van der Waals surface area contributed by atoms with Crippen LogP contribution in [-0.2, 0) is 44.2 Å². The van der Waals surface area contributed by atoms with Gasteiger partial charge in [0.15, 0.2) is 10.1 Å². The van der Waals surface area contributed by atoms with Gasteiger partial charge in [-0.2, -0.15) is 25.0 Å². The predicted molar refractivity (Wildman–Crippen MR) is 168 cm³/mol. The third kappa shape index (κ3) is 8.70. The van der Waals surface area contributed by atoms with Crippen molar-refractivity contribution in [1.82, 2.24) is 23.9 Å². The van der Waals surface area contributed by atoms with E-state index >= 15 is 0 Å². The third-order valence-electron chi connectivity index (χ3n) is 6.75. The quantitative estimate of drug-likeness (QED) is 0.247. The Kier molecular flexibility index (Phi) is 11.0. The van der Waals surface area contributed by atoms with Crippen molar-refractivity contribution in [3.05, 3.63) is 84.2 Å². The minimum atomic E-state index is -3.95. The van der Waals surface area contributed by atoms with E-state index in [2.05, 4.69) is 16.3 Å². The summed E-state index contributed by atoms with van der Waals surface area (Å²) in [7, 11) is -4.58. The fourth-order valence-corrected chi connectivity index (χ4v) is 5.64. The van der Waals surface area contributed by atoms with Gasteiger partial charge in [0.05, 0.1) is 26.4 Å². The zero-order valence-electron chi connectivity index (χ0n) is 26.3. The fraction of sp³-hybridized carbons (Fsp3) is 0.333. The fourth-order valence-electron chi connectivity index (χ4n) is 3.86. The number of nitrogens with two attached hydrogens (primary N) is 1. The Hall–Kier alpha value is -4.74. The summed E-state index contributed by atoms with van der Waals surface area (Å²) in [4.78, 5) is 0. The first-order valence-corrected chi connectivity index (χ1v) is 16.7. The maximum atomic E-state index is 13.5. The Morgan fingerprint density at radius 1 is 0.717 bits per heavy atom.